The molecule has 0 fully saturated rings. The SMILES string of the molecule is Cc1ccc([S+](c2ccc(C)cc2)c2ccccc2C)cc1. The minimum Gasteiger partial charge on any atom is -0.0616 e. The normalized spacial score (nSPS) is 10.9. The Kier molecular flexibility index (Phi) is 4.35. The lowest BCUT2D eigenvalue weighted by atomic mass is 10.2. The highest BCUT2D eigenvalue weighted by molar-refractivity contribution is 7.97. The largest absolute Gasteiger partial charge is 0.169 e. The van der Waals surface area contributed by atoms with Gasteiger partial charge < -0.3 is 0 Å². The van der Waals surface area contributed by atoms with E-state index >= 15 is 0 Å². The summed E-state index contributed by atoms with van der Waals surface area (Å²) in [6, 6.07) is 26.6. The van der Waals surface area contributed by atoms with E-state index < -0.39 is 0 Å². The van der Waals surface area contributed by atoms with Crippen LogP contribution in [0.3, 0.4) is 0 Å². The van der Waals surface area contributed by atoms with Crippen molar-refractivity contribution in [2.75, 3.05) is 0 Å². The maximum Gasteiger partial charge on any atom is 0.169 e. The van der Waals surface area contributed by atoms with Gasteiger partial charge in [0.25, 0.3) is 0 Å². The van der Waals surface area contributed by atoms with E-state index in [1.165, 1.54) is 31.4 Å². The Morgan fingerprint density at radius 1 is 0.545 bits per heavy atom. The van der Waals surface area contributed by atoms with E-state index in [0.717, 1.165) is 0 Å². The lowest BCUT2D eigenvalue weighted by Gasteiger charge is -2.10. The van der Waals surface area contributed by atoms with Gasteiger partial charge >= 0.3 is 0 Å². The zero-order valence-corrected chi connectivity index (χ0v) is 14.2. The van der Waals surface area contributed by atoms with Gasteiger partial charge in [-0.15, -0.1) is 0 Å². The molecule has 0 saturated carbocycles. The van der Waals surface area contributed by atoms with Crippen molar-refractivity contribution < 1.29 is 0 Å². The van der Waals surface area contributed by atoms with Gasteiger partial charge in [0, 0.05) is 5.56 Å². The van der Waals surface area contributed by atoms with Crippen molar-refractivity contribution in [2.24, 2.45) is 0 Å². The Morgan fingerprint density at radius 2 is 1.00 bits per heavy atom. The fraction of sp³-hybridized carbons (Fsp3) is 0.143. The summed E-state index contributed by atoms with van der Waals surface area (Å²) in [5.41, 5.74) is 3.97. The van der Waals surface area contributed by atoms with Gasteiger partial charge in [-0.2, -0.15) is 0 Å². The highest BCUT2D eigenvalue weighted by atomic mass is 32.2. The van der Waals surface area contributed by atoms with E-state index in [4.69, 9.17) is 0 Å². The molecule has 22 heavy (non-hydrogen) atoms. The summed E-state index contributed by atoms with van der Waals surface area (Å²) >= 11 is 0. The minimum absolute atomic E-state index is 0.0427. The van der Waals surface area contributed by atoms with Crippen molar-refractivity contribution >= 4 is 10.9 Å². The van der Waals surface area contributed by atoms with Gasteiger partial charge in [0.1, 0.15) is 0 Å². The maximum atomic E-state index is 2.27. The molecule has 0 aliphatic rings. The summed E-state index contributed by atoms with van der Waals surface area (Å²) < 4.78 is 0. The summed E-state index contributed by atoms with van der Waals surface area (Å²) in [7, 11) is -0.0427. The Bertz CT molecular complexity index is 709. The zero-order valence-electron chi connectivity index (χ0n) is 13.3. The van der Waals surface area contributed by atoms with Gasteiger partial charge in [-0.25, -0.2) is 0 Å². The van der Waals surface area contributed by atoms with Gasteiger partial charge in [0.15, 0.2) is 14.7 Å². The smallest absolute Gasteiger partial charge is 0.0616 e. The van der Waals surface area contributed by atoms with Crippen molar-refractivity contribution in [1.29, 1.82) is 0 Å². The third-order valence-corrected chi connectivity index (χ3v) is 6.21. The van der Waals surface area contributed by atoms with Crippen LogP contribution in [-0.4, -0.2) is 0 Å². The molecular weight excluding hydrogens is 284 g/mol. The standard InChI is InChI=1S/C21H21S/c1-16-8-12-19(13-9-16)22(20-14-10-17(2)11-15-20)21-7-5-4-6-18(21)3/h4-15H,1-3H3/q+1. The van der Waals surface area contributed by atoms with E-state index in [9.17, 15) is 0 Å². The number of hydrogen-bond donors (Lipinski definition) is 0. The second kappa shape index (κ2) is 6.41. The molecule has 0 atom stereocenters. The van der Waals surface area contributed by atoms with Crippen LogP contribution in [0.15, 0.2) is 87.5 Å². The molecule has 0 unspecified atom stereocenters. The van der Waals surface area contributed by atoms with Crippen LogP contribution in [-0.2, 0) is 10.9 Å². The average Bonchev–Trinajstić information content (AvgIpc) is 2.53. The molecule has 3 rings (SSSR count). The molecule has 3 aromatic carbocycles. The first-order valence-electron chi connectivity index (χ1n) is 7.58. The molecule has 0 saturated heterocycles. The molecule has 0 aliphatic carbocycles. The van der Waals surface area contributed by atoms with Crippen molar-refractivity contribution in [3.63, 3.8) is 0 Å². The van der Waals surface area contributed by atoms with E-state index in [1.54, 1.807) is 0 Å². The fourth-order valence-electron chi connectivity index (χ4n) is 2.52. The van der Waals surface area contributed by atoms with Crippen LogP contribution < -0.4 is 0 Å². The van der Waals surface area contributed by atoms with Crippen LogP contribution in [0.1, 0.15) is 16.7 Å². The second-order valence-electron chi connectivity index (χ2n) is 5.70. The Labute approximate surface area is 136 Å². The number of rotatable bonds is 3. The lowest BCUT2D eigenvalue weighted by molar-refractivity contribution is 1.24. The summed E-state index contributed by atoms with van der Waals surface area (Å²) in [5, 5.41) is 0. The van der Waals surface area contributed by atoms with Crippen molar-refractivity contribution in [2.45, 2.75) is 35.5 Å². The Hall–Kier alpha value is -1.99. The number of hydrogen-bond acceptors (Lipinski definition) is 0. The molecule has 110 valence electrons. The van der Waals surface area contributed by atoms with Crippen molar-refractivity contribution in [1.82, 2.24) is 0 Å². The first-order chi connectivity index (χ1) is 10.6. The maximum absolute atomic E-state index is 2.27. The molecule has 0 radical (unpaired) electrons. The van der Waals surface area contributed by atoms with Gasteiger partial charge in [0.2, 0.25) is 0 Å². The van der Waals surface area contributed by atoms with Crippen LogP contribution in [0, 0.1) is 20.8 Å². The van der Waals surface area contributed by atoms with Gasteiger partial charge in [-0.3, -0.25) is 0 Å². The lowest BCUT2D eigenvalue weighted by Crippen LogP contribution is -2.06. The fourth-order valence-corrected chi connectivity index (χ4v) is 4.73. The summed E-state index contributed by atoms with van der Waals surface area (Å²) in [6.45, 7) is 6.49. The number of benzene rings is 3. The molecule has 0 amide bonds. The van der Waals surface area contributed by atoms with Crippen molar-refractivity contribution in [3.05, 3.63) is 89.5 Å². The minimum atomic E-state index is -0.0427. The van der Waals surface area contributed by atoms with Gasteiger partial charge in [-0.1, -0.05) is 53.6 Å². The molecule has 0 aliphatic heterocycles. The summed E-state index contributed by atoms with van der Waals surface area (Å²) in [4.78, 5) is 4.17. The topological polar surface area (TPSA) is 0 Å². The highest BCUT2D eigenvalue weighted by Crippen LogP contribution is 2.33. The molecule has 0 nitrogen and oxygen atoms in total. The third-order valence-electron chi connectivity index (χ3n) is 3.83. The molecule has 0 N–H and O–H groups in total. The second-order valence-corrected chi connectivity index (χ2v) is 7.69. The van der Waals surface area contributed by atoms with Crippen molar-refractivity contribution in [3.8, 4) is 0 Å². The van der Waals surface area contributed by atoms with Crippen LogP contribution in [0.4, 0.5) is 0 Å². The molecule has 0 aromatic heterocycles. The summed E-state index contributed by atoms with van der Waals surface area (Å²) in [6.07, 6.45) is 0. The summed E-state index contributed by atoms with van der Waals surface area (Å²) in [5.74, 6) is 0. The van der Waals surface area contributed by atoms with Gasteiger partial charge in [-0.05, 0) is 51.1 Å². The van der Waals surface area contributed by atoms with E-state index in [-0.39, 0.29) is 10.9 Å². The molecular formula is C21H21S+. The quantitative estimate of drug-likeness (QED) is 0.544. The van der Waals surface area contributed by atoms with Crippen LogP contribution in [0.25, 0.3) is 0 Å². The molecule has 0 bridgehead atoms. The molecule has 1 heteroatoms. The first-order valence-corrected chi connectivity index (χ1v) is 8.81. The van der Waals surface area contributed by atoms with Crippen LogP contribution >= 0.6 is 0 Å². The monoisotopic (exact) mass is 305 g/mol. The zero-order chi connectivity index (χ0) is 15.5. The van der Waals surface area contributed by atoms with Gasteiger partial charge in [0.05, 0.1) is 10.9 Å². The van der Waals surface area contributed by atoms with Crippen LogP contribution in [0.5, 0.6) is 0 Å². The third kappa shape index (κ3) is 3.10. The average molecular weight is 305 g/mol. The first kappa shape index (κ1) is 14.9. The molecule has 0 spiro atoms. The predicted octanol–water partition coefficient (Wildman–Crippen LogP) is 5.71. The van der Waals surface area contributed by atoms with E-state index in [2.05, 4.69) is 93.6 Å². The Balaban J connectivity index is 2.16. The highest BCUT2D eigenvalue weighted by Gasteiger charge is 2.29. The predicted molar refractivity (Wildman–Crippen MR) is 95.7 cm³/mol. The molecule has 3 aromatic rings. The Morgan fingerprint density at radius 3 is 1.45 bits per heavy atom. The number of aryl methyl sites for hydroxylation is 3. The van der Waals surface area contributed by atoms with E-state index in [1.807, 2.05) is 0 Å². The van der Waals surface area contributed by atoms with Crippen LogP contribution in [0.2, 0.25) is 0 Å². The molecule has 0 heterocycles. The van der Waals surface area contributed by atoms with E-state index in [0.29, 0.717) is 0 Å².